The molecule has 1 rings (SSSR count). The minimum atomic E-state index is -0.788. The fraction of sp³-hybridized carbons (Fsp3) is 0.929. The molecule has 0 aromatic heterocycles. The van der Waals surface area contributed by atoms with Crippen LogP contribution in [-0.4, -0.2) is 59.6 Å². The zero-order valence-corrected chi connectivity index (χ0v) is 12.3. The molecule has 4 heteroatoms. The minimum absolute atomic E-state index is 0.109. The number of nitrogens with zero attached hydrogens (tertiary/aromatic N) is 2. The Morgan fingerprint density at radius 2 is 1.78 bits per heavy atom. The van der Waals surface area contributed by atoms with Crippen LogP contribution >= 0.6 is 0 Å². The zero-order chi connectivity index (χ0) is 13.8. The Bertz CT molecular complexity index is 267. The summed E-state index contributed by atoms with van der Waals surface area (Å²) in [6.07, 6.45) is 3.57. The third-order valence-electron chi connectivity index (χ3n) is 3.86. The number of amides is 1. The van der Waals surface area contributed by atoms with Crippen LogP contribution in [0.15, 0.2) is 0 Å². The van der Waals surface area contributed by atoms with Crippen LogP contribution in [0.5, 0.6) is 0 Å². The molecule has 0 bridgehead atoms. The third-order valence-corrected chi connectivity index (χ3v) is 3.86. The summed E-state index contributed by atoms with van der Waals surface area (Å²) in [6, 6.07) is 0.486. The van der Waals surface area contributed by atoms with E-state index >= 15 is 0 Å². The number of hydrogen-bond acceptors (Lipinski definition) is 3. The van der Waals surface area contributed by atoms with Crippen LogP contribution in [0.4, 0.5) is 0 Å². The maximum atomic E-state index is 12.1. The molecule has 4 nitrogen and oxygen atoms in total. The van der Waals surface area contributed by atoms with Crippen molar-refractivity contribution in [2.75, 3.05) is 27.2 Å². The molecule has 1 fully saturated rings. The molecule has 1 aliphatic rings. The van der Waals surface area contributed by atoms with Gasteiger partial charge in [-0.05, 0) is 26.9 Å². The predicted octanol–water partition coefficient (Wildman–Crippen LogP) is 1.48. The van der Waals surface area contributed by atoms with Crippen LogP contribution in [0.3, 0.4) is 0 Å². The number of carbonyl (C=O) groups is 1. The lowest BCUT2D eigenvalue weighted by Gasteiger charge is -2.44. The summed E-state index contributed by atoms with van der Waals surface area (Å²) in [5.41, 5.74) is -0.788. The van der Waals surface area contributed by atoms with Gasteiger partial charge in [0.15, 0.2) is 0 Å². The Labute approximate surface area is 111 Å². The molecule has 1 saturated heterocycles. The Hall–Kier alpha value is -0.610. The summed E-state index contributed by atoms with van der Waals surface area (Å²) < 4.78 is 0. The van der Waals surface area contributed by atoms with Crippen LogP contribution < -0.4 is 0 Å². The fourth-order valence-electron chi connectivity index (χ4n) is 2.61. The summed E-state index contributed by atoms with van der Waals surface area (Å²) in [5.74, 6) is 0.109. The van der Waals surface area contributed by atoms with Crippen LogP contribution in [0.1, 0.15) is 46.0 Å². The first kappa shape index (κ1) is 15.4. The monoisotopic (exact) mass is 256 g/mol. The summed E-state index contributed by atoms with van der Waals surface area (Å²) in [6.45, 7) is 5.72. The quantitative estimate of drug-likeness (QED) is 0.750. The van der Waals surface area contributed by atoms with E-state index < -0.39 is 5.60 Å². The van der Waals surface area contributed by atoms with E-state index in [0.29, 0.717) is 6.04 Å². The maximum Gasteiger partial charge on any atom is 0.225 e. The highest BCUT2D eigenvalue weighted by atomic mass is 16.3. The number of likely N-dealkylation sites (N-methyl/N-ethyl adjacent to an activating group) is 1. The molecule has 0 saturated carbocycles. The van der Waals surface area contributed by atoms with Gasteiger partial charge < -0.3 is 14.9 Å². The molecule has 1 heterocycles. The van der Waals surface area contributed by atoms with E-state index in [4.69, 9.17) is 0 Å². The van der Waals surface area contributed by atoms with Crippen molar-refractivity contribution in [3.05, 3.63) is 0 Å². The van der Waals surface area contributed by atoms with Gasteiger partial charge in [-0.3, -0.25) is 4.79 Å². The Balaban J connectivity index is 2.43. The molecule has 18 heavy (non-hydrogen) atoms. The number of carbonyl (C=O) groups excluding carboxylic acids is 1. The van der Waals surface area contributed by atoms with Crippen molar-refractivity contribution in [1.82, 2.24) is 9.80 Å². The highest BCUT2D eigenvalue weighted by molar-refractivity contribution is 5.78. The van der Waals surface area contributed by atoms with Crippen molar-refractivity contribution in [2.24, 2.45) is 0 Å². The lowest BCUT2D eigenvalue weighted by Crippen LogP contribution is -2.60. The first-order valence-electron chi connectivity index (χ1n) is 7.08. The van der Waals surface area contributed by atoms with E-state index in [0.717, 1.165) is 38.8 Å². The van der Waals surface area contributed by atoms with Crippen molar-refractivity contribution in [3.8, 4) is 0 Å². The summed E-state index contributed by atoms with van der Waals surface area (Å²) in [4.78, 5) is 16.1. The molecule has 0 spiro atoms. The summed E-state index contributed by atoms with van der Waals surface area (Å²) >= 11 is 0. The van der Waals surface area contributed by atoms with Crippen LogP contribution in [0.2, 0.25) is 0 Å². The van der Waals surface area contributed by atoms with Gasteiger partial charge in [-0.2, -0.15) is 0 Å². The van der Waals surface area contributed by atoms with Gasteiger partial charge >= 0.3 is 0 Å². The molecule has 0 aliphatic carbocycles. The van der Waals surface area contributed by atoms with Gasteiger partial charge in [0.2, 0.25) is 5.91 Å². The molecule has 0 aromatic rings. The molecule has 0 atom stereocenters. The number of rotatable bonds is 7. The lowest BCUT2D eigenvalue weighted by molar-refractivity contribution is -0.143. The molecule has 1 amide bonds. The van der Waals surface area contributed by atoms with Gasteiger partial charge in [0.25, 0.3) is 0 Å². The third kappa shape index (κ3) is 3.95. The largest absolute Gasteiger partial charge is 0.389 e. The molecule has 1 N–H and O–H groups in total. The van der Waals surface area contributed by atoms with Crippen molar-refractivity contribution in [1.29, 1.82) is 0 Å². The van der Waals surface area contributed by atoms with E-state index in [9.17, 15) is 9.90 Å². The molecule has 0 unspecified atom stereocenters. The van der Waals surface area contributed by atoms with Gasteiger partial charge in [0.05, 0.1) is 12.0 Å². The van der Waals surface area contributed by atoms with Crippen LogP contribution in [0, 0.1) is 0 Å². The second kappa shape index (κ2) is 6.53. The van der Waals surface area contributed by atoms with E-state index in [2.05, 4.69) is 18.7 Å². The standard InChI is InChI=1S/C14H28N2O2/c1-5-7-14(18,8-6-2)9-13(17)16-10-12(11-16)15(3)4/h12,18H,5-11H2,1-4H3. The van der Waals surface area contributed by atoms with Gasteiger partial charge in [-0.1, -0.05) is 26.7 Å². The van der Waals surface area contributed by atoms with Crippen molar-refractivity contribution in [3.63, 3.8) is 0 Å². The Kier molecular flexibility index (Phi) is 5.60. The van der Waals surface area contributed by atoms with Crippen molar-refractivity contribution >= 4 is 5.91 Å². The van der Waals surface area contributed by atoms with Crippen molar-refractivity contribution < 1.29 is 9.90 Å². The predicted molar refractivity (Wildman–Crippen MR) is 73.4 cm³/mol. The molecular formula is C14H28N2O2. The normalized spacial score (nSPS) is 17.1. The van der Waals surface area contributed by atoms with E-state index in [1.807, 2.05) is 19.0 Å². The van der Waals surface area contributed by atoms with Gasteiger partial charge in [0.1, 0.15) is 0 Å². The first-order chi connectivity index (χ1) is 8.41. The summed E-state index contributed by atoms with van der Waals surface area (Å²) in [5, 5.41) is 10.5. The SMILES string of the molecule is CCCC(O)(CCC)CC(=O)N1CC(N(C)C)C1. The lowest BCUT2D eigenvalue weighted by atomic mass is 9.88. The number of aliphatic hydroxyl groups is 1. The van der Waals surface area contributed by atoms with Gasteiger partial charge in [0, 0.05) is 19.1 Å². The molecular weight excluding hydrogens is 228 g/mol. The van der Waals surface area contributed by atoms with Gasteiger partial charge in [-0.15, -0.1) is 0 Å². The topological polar surface area (TPSA) is 43.8 Å². The van der Waals surface area contributed by atoms with Crippen molar-refractivity contribution in [2.45, 2.75) is 57.6 Å². The van der Waals surface area contributed by atoms with E-state index in [1.54, 1.807) is 0 Å². The number of hydrogen-bond donors (Lipinski definition) is 1. The van der Waals surface area contributed by atoms with Crippen LogP contribution in [0.25, 0.3) is 0 Å². The summed E-state index contributed by atoms with van der Waals surface area (Å²) in [7, 11) is 4.08. The van der Waals surface area contributed by atoms with Crippen LogP contribution in [-0.2, 0) is 4.79 Å². The molecule has 106 valence electrons. The second-order valence-electron chi connectivity index (χ2n) is 5.82. The fourth-order valence-corrected chi connectivity index (χ4v) is 2.61. The van der Waals surface area contributed by atoms with E-state index in [1.165, 1.54) is 0 Å². The highest BCUT2D eigenvalue weighted by Crippen LogP contribution is 2.26. The zero-order valence-electron chi connectivity index (χ0n) is 12.3. The van der Waals surface area contributed by atoms with Gasteiger partial charge in [-0.25, -0.2) is 0 Å². The molecule has 0 aromatic carbocycles. The Morgan fingerprint density at radius 3 is 2.17 bits per heavy atom. The average Bonchev–Trinajstić information content (AvgIpc) is 2.13. The smallest absolute Gasteiger partial charge is 0.225 e. The molecule has 0 radical (unpaired) electrons. The highest BCUT2D eigenvalue weighted by Gasteiger charge is 2.36. The van der Waals surface area contributed by atoms with E-state index in [-0.39, 0.29) is 12.3 Å². The first-order valence-corrected chi connectivity index (χ1v) is 7.08. The Morgan fingerprint density at radius 1 is 1.28 bits per heavy atom. The number of likely N-dealkylation sites (tertiary alicyclic amines) is 1. The average molecular weight is 256 g/mol. The maximum absolute atomic E-state index is 12.1. The second-order valence-corrected chi connectivity index (χ2v) is 5.82. The molecule has 1 aliphatic heterocycles. The minimum Gasteiger partial charge on any atom is -0.389 e.